The summed E-state index contributed by atoms with van der Waals surface area (Å²) in [4.78, 5) is 14.8. The molecule has 2 N–H and O–H groups in total. The van der Waals surface area contributed by atoms with Gasteiger partial charge < -0.3 is 10.3 Å². The molecule has 0 fully saturated rings. The quantitative estimate of drug-likeness (QED) is 0.746. The molecule has 0 radical (unpaired) electrons. The number of likely N-dealkylation sites (N-methyl/N-ethyl adjacent to an activating group) is 1. The smallest absolute Gasteiger partial charge is 0.178 e. The van der Waals surface area contributed by atoms with Gasteiger partial charge in [-0.2, -0.15) is 0 Å². The molecule has 0 spiro atoms. The highest BCUT2D eigenvalue weighted by atomic mass is 16.1. The van der Waals surface area contributed by atoms with Crippen LogP contribution in [0.4, 0.5) is 0 Å². The number of benzene rings is 1. The van der Waals surface area contributed by atoms with Crippen molar-refractivity contribution in [2.75, 3.05) is 13.6 Å². The van der Waals surface area contributed by atoms with Gasteiger partial charge in [-0.3, -0.25) is 4.79 Å². The fourth-order valence-corrected chi connectivity index (χ4v) is 1.73. The summed E-state index contributed by atoms with van der Waals surface area (Å²) in [6.45, 7) is 2.41. The van der Waals surface area contributed by atoms with Crippen LogP contribution < -0.4 is 5.32 Å². The number of rotatable bonds is 3. The minimum absolute atomic E-state index is 0.118. The standard InChI is InChI=1S/C12H14N2O/c1-8-3-4-9-10(12(15)7-13-2)6-14-11(9)5-8/h3-6,13-14H,7H2,1-2H3. The van der Waals surface area contributed by atoms with Gasteiger partial charge in [-0.15, -0.1) is 0 Å². The van der Waals surface area contributed by atoms with Gasteiger partial charge in [0.1, 0.15) is 0 Å². The van der Waals surface area contributed by atoms with Crippen LogP contribution in [0, 0.1) is 6.92 Å². The van der Waals surface area contributed by atoms with Crippen LogP contribution >= 0.6 is 0 Å². The van der Waals surface area contributed by atoms with Crippen molar-refractivity contribution in [3.8, 4) is 0 Å². The molecule has 0 saturated carbocycles. The van der Waals surface area contributed by atoms with E-state index in [-0.39, 0.29) is 5.78 Å². The molecule has 0 aliphatic rings. The molecular formula is C12H14N2O. The molecule has 0 saturated heterocycles. The van der Waals surface area contributed by atoms with Gasteiger partial charge in [-0.1, -0.05) is 12.1 Å². The molecule has 0 aliphatic carbocycles. The zero-order valence-electron chi connectivity index (χ0n) is 8.92. The number of aryl methyl sites for hydroxylation is 1. The van der Waals surface area contributed by atoms with Crippen molar-refractivity contribution in [2.24, 2.45) is 0 Å². The largest absolute Gasteiger partial charge is 0.360 e. The second-order valence-electron chi connectivity index (χ2n) is 3.70. The lowest BCUT2D eigenvalue weighted by atomic mass is 10.1. The molecule has 1 aromatic heterocycles. The summed E-state index contributed by atoms with van der Waals surface area (Å²) in [5.41, 5.74) is 2.98. The molecule has 0 bridgehead atoms. The number of nitrogens with one attached hydrogen (secondary N) is 2. The molecule has 2 rings (SSSR count). The van der Waals surface area contributed by atoms with Crippen LogP contribution in [-0.2, 0) is 0 Å². The van der Waals surface area contributed by atoms with E-state index < -0.39 is 0 Å². The minimum Gasteiger partial charge on any atom is -0.360 e. The Labute approximate surface area is 88.5 Å². The lowest BCUT2D eigenvalue weighted by Gasteiger charge is -1.98. The number of ketones is 1. The Hall–Kier alpha value is -1.61. The number of H-pyrrole nitrogens is 1. The van der Waals surface area contributed by atoms with Gasteiger partial charge in [0.15, 0.2) is 5.78 Å². The third kappa shape index (κ3) is 1.78. The van der Waals surface area contributed by atoms with Gasteiger partial charge in [0.05, 0.1) is 6.54 Å². The molecule has 0 amide bonds. The Bertz CT molecular complexity index is 499. The summed E-state index contributed by atoms with van der Waals surface area (Å²) in [6.07, 6.45) is 1.78. The number of aromatic nitrogens is 1. The number of carbonyl (C=O) groups is 1. The summed E-state index contributed by atoms with van der Waals surface area (Å²) in [5, 5.41) is 3.87. The monoisotopic (exact) mass is 202 g/mol. The van der Waals surface area contributed by atoms with Gasteiger partial charge >= 0.3 is 0 Å². The molecule has 0 unspecified atom stereocenters. The second-order valence-corrected chi connectivity index (χ2v) is 3.70. The first kappa shape index (κ1) is 9.93. The Morgan fingerprint density at radius 2 is 2.27 bits per heavy atom. The first-order valence-corrected chi connectivity index (χ1v) is 4.98. The highest BCUT2D eigenvalue weighted by Gasteiger charge is 2.10. The molecule has 15 heavy (non-hydrogen) atoms. The van der Waals surface area contributed by atoms with Crippen molar-refractivity contribution < 1.29 is 4.79 Å². The highest BCUT2D eigenvalue weighted by Crippen LogP contribution is 2.19. The first-order chi connectivity index (χ1) is 7.22. The van der Waals surface area contributed by atoms with Gasteiger partial charge in [0.25, 0.3) is 0 Å². The van der Waals surface area contributed by atoms with Crippen molar-refractivity contribution in [1.82, 2.24) is 10.3 Å². The van der Waals surface area contributed by atoms with Crippen LogP contribution in [0.5, 0.6) is 0 Å². The number of aromatic amines is 1. The van der Waals surface area contributed by atoms with E-state index in [0.29, 0.717) is 6.54 Å². The Balaban J connectivity index is 2.49. The summed E-state index contributed by atoms with van der Waals surface area (Å²) < 4.78 is 0. The summed E-state index contributed by atoms with van der Waals surface area (Å²) >= 11 is 0. The molecule has 1 heterocycles. The maximum Gasteiger partial charge on any atom is 0.178 e. The van der Waals surface area contributed by atoms with Crippen LogP contribution in [0.25, 0.3) is 10.9 Å². The summed E-state index contributed by atoms with van der Waals surface area (Å²) in [7, 11) is 1.77. The number of fused-ring (bicyclic) bond motifs is 1. The Kier molecular flexibility index (Phi) is 2.56. The van der Waals surface area contributed by atoms with Crippen LogP contribution in [0.2, 0.25) is 0 Å². The second kappa shape index (κ2) is 3.87. The van der Waals surface area contributed by atoms with Crippen LogP contribution in [-0.4, -0.2) is 24.4 Å². The van der Waals surface area contributed by atoms with Crippen molar-refractivity contribution in [2.45, 2.75) is 6.92 Å². The van der Waals surface area contributed by atoms with E-state index in [2.05, 4.69) is 10.3 Å². The van der Waals surface area contributed by atoms with Crippen LogP contribution in [0.1, 0.15) is 15.9 Å². The van der Waals surface area contributed by atoms with Crippen molar-refractivity contribution >= 4 is 16.7 Å². The molecule has 0 atom stereocenters. The zero-order valence-corrected chi connectivity index (χ0v) is 8.92. The molecular weight excluding hydrogens is 188 g/mol. The predicted octanol–water partition coefficient (Wildman–Crippen LogP) is 1.88. The van der Waals surface area contributed by atoms with Crippen molar-refractivity contribution in [1.29, 1.82) is 0 Å². The Morgan fingerprint density at radius 3 is 3.00 bits per heavy atom. The van der Waals surface area contributed by atoms with E-state index >= 15 is 0 Å². The summed E-state index contributed by atoms with van der Waals surface area (Å²) in [5.74, 6) is 0.118. The predicted molar refractivity (Wildman–Crippen MR) is 61.3 cm³/mol. The van der Waals surface area contributed by atoms with E-state index in [1.165, 1.54) is 5.56 Å². The molecule has 1 aromatic carbocycles. The SMILES string of the molecule is CNCC(=O)c1c[nH]c2cc(C)ccc12. The third-order valence-electron chi connectivity index (χ3n) is 2.47. The number of hydrogen-bond donors (Lipinski definition) is 2. The molecule has 78 valence electrons. The summed E-state index contributed by atoms with van der Waals surface area (Å²) in [6, 6.07) is 6.06. The highest BCUT2D eigenvalue weighted by molar-refractivity contribution is 6.08. The number of hydrogen-bond acceptors (Lipinski definition) is 2. The minimum atomic E-state index is 0.118. The van der Waals surface area contributed by atoms with Crippen molar-refractivity contribution in [3.05, 3.63) is 35.5 Å². The average Bonchev–Trinajstić information content (AvgIpc) is 2.60. The topological polar surface area (TPSA) is 44.9 Å². The fraction of sp³-hybridized carbons (Fsp3) is 0.250. The number of carbonyl (C=O) groups excluding carboxylic acids is 1. The van der Waals surface area contributed by atoms with Gasteiger partial charge in [-0.05, 0) is 25.6 Å². The molecule has 3 heteroatoms. The molecule has 2 aromatic rings. The van der Waals surface area contributed by atoms with Gasteiger partial charge in [0, 0.05) is 22.7 Å². The van der Waals surface area contributed by atoms with Crippen molar-refractivity contribution in [3.63, 3.8) is 0 Å². The normalized spacial score (nSPS) is 10.8. The Morgan fingerprint density at radius 1 is 1.47 bits per heavy atom. The lowest BCUT2D eigenvalue weighted by molar-refractivity contribution is 0.0995. The number of Topliss-reactive ketones (excluding diaryl/α,β-unsaturated/α-hetero) is 1. The van der Waals surface area contributed by atoms with Gasteiger partial charge in [0.2, 0.25) is 0 Å². The van der Waals surface area contributed by atoms with E-state index in [1.54, 1.807) is 13.2 Å². The zero-order chi connectivity index (χ0) is 10.8. The molecule has 0 aliphatic heterocycles. The first-order valence-electron chi connectivity index (χ1n) is 4.98. The van der Waals surface area contributed by atoms with Crippen LogP contribution in [0.3, 0.4) is 0 Å². The van der Waals surface area contributed by atoms with Gasteiger partial charge in [-0.25, -0.2) is 0 Å². The third-order valence-corrected chi connectivity index (χ3v) is 2.47. The van der Waals surface area contributed by atoms with E-state index in [0.717, 1.165) is 16.5 Å². The lowest BCUT2D eigenvalue weighted by Crippen LogP contribution is -2.18. The fourth-order valence-electron chi connectivity index (χ4n) is 1.73. The maximum atomic E-state index is 11.7. The maximum absolute atomic E-state index is 11.7. The van der Waals surface area contributed by atoms with E-state index in [9.17, 15) is 4.79 Å². The molecule has 3 nitrogen and oxygen atoms in total. The van der Waals surface area contributed by atoms with Crippen LogP contribution in [0.15, 0.2) is 24.4 Å². The van der Waals surface area contributed by atoms with E-state index in [4.69, 9.17) is 0 Å². The van der Waals surface area contributed by atoms with E-state index in [1.807, 2.05) is 25.1 Å². The average molecular weight is 202 g/mol.